The molecule has 0 amide bonds. The summed E-state index contributed by atoms with van der Waals surface area (Å²) < 4.78 is 44.8. The van der Waals surface area contributed by atoms with Crippen LogP contribution in [0.1, 0.15) is 5.56 Å². The molecule has 5 nitrogen and oxygen atoms in total. The summed E-state index contributed by atoms with van der Waals surface area (Å²) in [5.74, 6) is 1.06. The monoisotopic (exact) mass is 394 g/mol. The van der Waals surface area contributed by atoms with Gasteiger partial charge in [0.05, 0.1) is 18.4 Å². The van der Waals surface area contributed by atoms with Crippen molar-refractivity contribution < 1.29 is 17.9 Å². The van der Waals surface area contributed by atoms with Gasteiger partial charge in [0.2, 0.25) is 5.95 Å². The van der Waals surface area contributed by atoms with Crippen molar-refractivity contribution in [2.24, 2.45) is 0 Å². The lowest BCUT2D eigenvalue weighted by molar-refractivity contribution is -0.136. The number of ether oxygens (including phenoxy) is 1. The highest BCUT2D eigenvalue weighted by molar-refractivity contribution is 6.30. The van der Waals surface area contributed by atoms with Gasteiger partial charge in [-0.3, -0.25) is 0 Å². The van der Waals surface area contributed by atoms with Crippen LogP contribution in [0.2, 0.25) is 5.02 Å². The van der Waals surface area contributed by atoms with Gasteiger partial charge in [-0.25, -0.2) is 4.98 Å². The number of rotatable bonds is 5. The number of anilines is 4. The molecule has 0 aliphatic rings. The number of hydrogen-bond donors (Lipinski definition) is 2. The summed E-state index contributed by atoms with van der Waals surface area (Å²) in [6.45, 7) is 0. The minimum Gasteiger partial charge on any atom is -0.497 e. The van der Waals surface area contributed by atoms with E-state index in [1.807, 2.05) is 0 Å². The minimum atomic E-state index is -4.55. The molecule has 0 radical (unpaired) electrons. The van der Waals surface area contributed by atoms with E-state index in [9.17, 15) is 13.2 Å². The zero-order valence-corrected chi connectivity index (χ0v) is 14.8. The molecule has 0 atom stereocenters. The smallest absolute Gasteiger partial charge is 0.418 e. The largest absolute Gasteiger partial charge is 0.497 e. The summed E-state index contributed by atoms with van der Waals surface area (Å²) in [7, 11) is 1.55. The van der Waals surface area contributed by atoms with Crippen molar-refractivity contribution in [2.45, 2.75) is 6.18 Å². The minimum absolute atomic E-state index is 0.00376. The van der Waals surface area contributed by atoms with Gasteiger partial charge in [0.1, 0.15) is 11.6 Å². The van der Waals surface area contributed by atoms with E-state index in [1.165, 1.54) is 24.4 Å². The fraction of sp³-hybridized carbons (Fsp3) is 0.111. The standard InChI is InChI=1S/C18H14ClF3N4O/c1-27-13-4-2-3-12(10-13)24-17-23-8-7-16(26-17)25-15-6-5-11(19)9-14(15)18(20,21)22/h2-10H,1H3,(H2,23,24,25,26). The Morgan fingerprint density at radius 3 is 2.59 bits per heavy atom. The van der Waals surface area contributed by atoms with Gasteiger partial charge < -0.3 is 15.4 Å². The van der Waals surface area contributed by atoms with Gasteiger partial charge in [-0.2, -0.15) is 18.2 Å². The first kappa shape index (κ1) is 18.8. The molecule has 0 bridgehead atoms. The Kier molecular flexibility index (Phi) is 5.36. The Labute approximate surface area is 158 Å². The van der Waals surface area contributed by atoms with E-state index in [1.54, 1.807) is 31.4 Å². The van der Waals surface area contributed by atoms with Crippen molar-refractivity contribution in [1.29, 1.82) is 0 Å². The molecule has 0 saturated carbocycles. The summed E-state index contributed by atoms with van der Waals surface area (Å²) in [4.78, 5) is 8.26. The molecule has 0 spiro atoms. The quantitative estimate of drug-likeness (QED) is 0.586. The predicted molar refractivity (Wildman–Crippen MR) is 98.0 cm³/mol. The van der Waals surface area contributed by atoms with Crippen LogP contribution in [0, 0.1) is 0 Å². The second-order valence-corrected chi connectivity index (χ2v) is 5.87. The molecular weight excluding hydrogens is 381 g/mol. The number of halogens is 4. The number of benzene rings is 2. The Morgan fingerprint density at radius 1 is 1.04 bits per heavy atom. The van der Waals surface area contributed by atoms with Gasteiger partial charge >= 0.3 is 6.18 Å². The lowest BCUT2D eigenvalue weighted by atomic mass is 10.1. The first-order valence-electron chi connectivity index (χ1n) is 7.73. The summed E-state index contributed by atoms with van der Waals surface area (Å²) in [5.41, 5.74) is -0.358. The maximum atomic E-state index is 13.2. The average Bonchev–Trinajstić information content (AvgIpc) is 2.63. The molecule has 0 fully saturated rings. The molecule has 3 aromatic rings. The zero-order valence-electron chi connectivity index (χ0n) is 14.0. The van der Waals surface area contributed by atoms with Crippen molar-refractivity contribution in [2.75, 3.05) is 17.7 Å². The van der Waals surface area contributed by atoms with Gasteiger partial charge in [0.15, 0.2) is 0 Å². The highest BCUT2D eigenvalue weighted by Crippen LogP contribution is 2.37. The number of hydrogen-bond acceptors (Lipinski definition) is 5. The van der Waals surface area contributed by atoms with Crippen molar-refractivity contribution in [3.63, 3.8) is 0 Å². The fourth-order valence-electron chi connectivity index (χ4n) is 2.32. The molecule has 2 aromatic carbocycles. The molecule has 9 heteroatoms. The number of nitrogens with zero attached hydrogens (tertiary/aromatic N) is 2. The fourth-order valence-corrected chi connectivity index (χ4v) is 2.49. The Hall–Kier alpha value is -3.00. The highest BCUT2D eigenvalue weighted by atomic mass is 35.5. The van der Waals surface area contributed by atoms with Crippen LogP contribution in [0.25, 0.3) is 0 Å². The van der Waals surface area contributed by atoms with E-state index in [0.717, 1.165) is 6.07 Å². The predicted octanol–water partition coefficient (Wildman–Crippen LogP) is 5.64. The van der Waals surface area contributed by atoms with E-state index in [2.05, 4.69) is 20.6 Å². The third-order valence-electron chi connectivity index (χ3n) is 3.53. The molecule has 0 aliphatic heterocycles. The zero-order chi connectivity index (χ0) is 19.4. The van der Waals surface area contributed by atoms with Crippen LogP contribution in [0.4, 0.5) is 36.3 Å². The summed E-state index contributed by atoms with van der Waals surface area (Å²) in [6, 6.07) is 12.0. The van der Waals surface area contributed by atoms with Crippen molar-refractivity contribution in [3.05, 3.63) is 65.3 Å². The van der Waals surface area contributed by atoms with Gasteiger partial charge in [-0.05, 0) is 36.4 Å². The van der Waals surface area contributed by atoms with E-state index in [4.69, 9.17) is 16.3 Å². The summed E-state index contributed by atoms with van der Waals surface area (Å²) in [6.07, 6.45) is -3.12. The first-order chi connectivity index (χ1) is 12.8. The molecule has 0 saturated heterocycles. The lowest BCUT2D eigenvalue weighted by Crippen LogP contribution is -2.09. The third-order valence-corrected chi connectivity index (χ3v) is 3.77. The summed E-state index contributed by atoms with van der Waals surface area (Å²) in [5, 5.41) is 5.63. The third kappa shape index (κ3) is 4.79. The number of methoxy groups -OCH3 is 1. The Morgan fingerprint density at radius 2 is 1.85 bits per heavy atom. The average molecular weight is 395 g/mol. The first-order valence-corrected chi connectivity index (χ1v) is 8.11. The molecule has 1 aromatic heterocycles. The van der Waals surface area contributed by atoms with E-state index in [-0.39, 0.29) is 22.5 Å². The molecule has 27 heavy (non-hydrogen) atoms. The second kappa shape index (κ2) is 7.71. The van der Waals surface area contributed by atoms with Gasteiger partial charge in [0, 0.05) is 23.0 Å². The van der Waals surface area contributed by atoms with Crippen molar-refractivity contribution in [3.8, 4) is 5.75 Å². The number of alkyl halides is 3. The molecule has 140 valence electrons. The molecule has 0 aliphatic carbocycles. The SMILES string of the molecule is COc1cccc(Nc2nccc(Nc3ccc(Cl)cc3C(F)(F)F)n2)c1. The topological polar surface area (TPSA) is 59.1 Å². The van der Waals surface area contributed by atoms with E-state index >= 15 is 0 Å². The van der Waals surface area contributed by atoms with E-state index < -0.39 is 11.7 Å². The van der Waals surface area contributed by atoms with Crippen LogP contribution >= 0.6 is 11.6 Å². The lowest BCUT2D eigenvalue weighted by Gasteiger charge is -2.15. The van der Waals surface area contributed by atoms with Crippen LogP contribution in [-0.4, -0.2) is 17.1 Å². The van der Waals surface area contributed by atoms with E-state index in [0.29, 0.717) is 11.4 Å². The van der Waals surface area contributed by atoms with Crippen LogP contribution < -0.4 is 15.4 Å². The maximum Gasteiger partial charge on any atom is 0.418 e. The van der Waals surface area contributed by atoms with Gasteiger partial charge in [0.25, 0.3) is 0 Å². The number of aromatic nitrogens is 2. The molecule has 1 heterocycles. The maximum absolute atomic E-state index is 13.2. The molecular formula is C18H14ClF3N4O. The molecule has 3 rings (SSSR count). The normalized spacial score (nSPS) is 11.1. The second-order valence-electron chi connectivity index (χ2n) is 5.44. The van der Waals surface area contributed by atoms with Gasteiger partial charge in [-0.1, -0.05) is 17.7 Å². The van der Waals surface area contributed by atoms with Crippen molar-refractivity contribution >= 4 is 34.7 Å². The molecule has 0 unspecified atom stereocenters. The molecule has 2 N–H and O–H groups in total. The highest BCUT2D eigenvalue weighted by Gasteiger charge is 2.33. The van der Waals surface area contributed by atoms with Crippen LogP contribution in [0.5, 0.6) is 5.75 Å². The Balaban J connectivity index is 1.84. The number of nitrogens with one attached hydrogen (secondary N) is 2. The van der Waals surface area contributed by atoms with Crippen molar-refractivity contribution in [1.82, 2.24) is 9.97 Å². The summed E-state index contributed by atoms with van der Waals surface area (Å²) >= 11 is 5.69. The Bertz CT molecular complexity index is 950. The van der Waals surface area contributed by atoms with Crippen LogP contribution in [-0.2, 0) is 6.18 Å². The van der Waals surface area contributed by atoms with Crippen LogP contribution in [0.15, 0.2) is 54.7 Å². The van der Waals surface area contributed by atoms with Crippen LogP contribution in [0.3, 0.4) is 0 Å². The van der Waals surface area contributed by atoms with Gasteiger partial charge in [-0.15, -0.1) is 0 Å².